The second-order valence-corrected chi connectivity index (χ2v) is 6.59. The number of benzene rings is 2. The second kappa shape index (κ2) is 7.78. The zero-order valence-corrected chi connectivity index (χ0v) is 16.3. The molecule has 4 rings (SSSR count). The molecule has 1 amide bonds. The Kier molecular flexibility index (Phi) is 5.01. The summed E-state index contributed by atoms with van der Waals surface area (Å²) in [4.78, 5) is 29.5. The molecular formula is C21H18FN5O3. The molecule has 30 heavy (non-hydrogen) atoms. The number of methoxy groups -OCH3 is 1. The number of aromatic nitrogens is 4. The minimum absolute atomic E-state index is 0.0711. The molecule has 0 fully saturated rings. The SMILES string of the molecule is COc1ccc(NC(=O)Cn2nc3cc(-c4ccccc4)nc(C)n3c2=O)cc1F. The fourth-order valence-corrected chi connectivity index (χ4v) is 3.14. The highest BCUT2D eigenvalue weighted by atomic mass is 19.1. The molecule has 0 bridgehead atoms. The highest BCUT2D eigenvalue weighted by Gasteiger charge is 2.15. The maximum Gasteiger partial charge on any atom is 0.352 e. The number of halogens is 1. The quantitative estimate of drug-likeness (QED) is 0.549. The van der Waals surface area contributed by atoms with Gasteiger partial charge in [0, 0.05) is 23.4 Å². The molecule has 0 aliphatic carbocycles. The predicted octanol–water partition coefficient (Wildman–Crippen LogP) is 2.65. The number of hydrogen-bond acceptors (Lipinski definition) is 5. The van der Waals surface area contributed by atoms with Gasteiger partial charge in [0.25, 0.3) is 0 Å². The first kappa shape index (κ1) is 19.3. The van der Waals surface area contributed by atoms with Gasteiger partial charge >= 0.3 is 5.69 Å². The van der Waals surface area contributed by atoms with Crippen molar-refractivity contribution in [2.75, 3.05) is 12.4 Å². The number of amides is 1. The molecule has 0 saturated carbocycles. The highest BCUT2D eigenvalue weighted by molar-refractivity contribution is 5.90. The summed E-state index contributed by atoms with van der Waals surface area (Å²) in [5.74, 6) is -0.587. The van der Waals surface area contributed by atoms with E-state index in [9.17, 15) is 14.0 Å². The molecule has 1 N–H and O–H groups in total. The summed E-state index contributed by atoms with van der Waals surface area (Å²) in [6, 6.07) is 15.3. The molecule has 8 nitrogen and oxygen atoms in total. The summed E-state index contributed by atoms with van der Waals surface area (Å²) >= 11 is 0. The lowest BCUT2D eigenvalue weighted by Gasteiger charge is -2.07. The number of carbonyl (C=O) groups excluding carboxylic acids is 1. The number of anilines is 1. The molecule has 0 saturated heterocycles. The van der Waals surface area contributed by atoms with E-state index >= 15 is 0 Å². The van der Waals surface area contributed by atoms with E-state index in [1.165, 1.54) is 23.6 Å². The zero-order chi connectivity index (χ0) is 21.3. The van der Waals surface area contributed by atoms with E-state index in [0.29, 0.717) is 17.2 Å². The summed E-state index contributed by atoms with van der Waals surface area (Å²) < 4.78 is 21.0. The smallest absolute Gasteiger partial charge is 0.352 e. The molecule has 9 heteroatoms. The topological polar surface area (TPSA) is 90.5 Å². The molecule has 152 valence electrons. The van der Waals surface area contributed by atoms with Crippen LogP contribution < -0.4 is 15.7 Å². The van der Waals surface area contributed by atoms with Crippen molar-refractivity contribution in [3.8, 4) is 17.0 Å². The Labute approximate surface area is 170 Å². The van der Waals surface area contributed by atoms with Crippen molar-refractivity contribution in [3.63, 3.8) is 0 Å². The minimum atomic E-state index is -0.602. The highest BCUT2D eigenvalue weighted by Crippen LogP contribution is 2.21. The van der Waals surface area contributed by atoms with Crippen LogP contribution in [0.4, 0.5) is 10.1 Å². The first-order valence-electron chi connectivity index (χ1n) is 9.12. The molecule has 2 aromatic heterocycles. The summed E-state index contributed by atoms with van der Waals surface area (Å²) in [6.07, 6.45) is 0. The van der Waals surface area contributed by atoms with E-state index in [4.69, 9.17) is 4.74 Å². The number of aryl methyl sites for hydroxylation is 1. The number of ether oxygens (including phenoxy) is 1. The van der Waals surface area contributed by atoms with Crippen LogP contribution in [0.15, 0.2) is 59.4 Å². The predicted molar refractivity (Wildman–Crippen MR) is 109 cm³/mol. The van der Waals surface area contributed by atoms with Crippen molar-refractivity contribution in [1.29, 1.82) is 0 Å². The molecule has 0 radical (unpaired) electrons. The van der Waals surface area contributed by atoms with Crippen molar-refractivity contribution in [3.05, 3.63) is 76.7 Å². The maximum atomic E-state index is 13.8. The molecule has 0 aliphatic heterocycles. The Balaban J connectivity index is 1.61. The van der Waals surface area contributed by atoms with Crippen LogP contribution in [0.3, 0.4) is 0 Å². The van der Waals surface area contributed by atoms with E-state index in [1.54, 1.807) is 13.0 Å². The molecule has 4 aromatic rings. The van der Waals surface area contributed by atoms with Gasteiger partial charge in [-0.2, -0.15) is 0 Å². The van der Waals surface area contributed by atoms with Crippen molar-refractivity contribution < 1.29 is 13.9 Å². The Morgan fingerprint density at radius 1 is 1.17 bits per heavy atom. The average Bonchev–Trinajstić information content (AvgIpc) is 3.04. The number of nitrogens with zero attached hydrogens (tertiary/aromatic N) is 4. The van der Waals surface area contributed by atoms with E-state index in [2.05, 4.69) is 15.4 Å². The summed E-state index contributed by atoms with van der Waals surface area (Å²) in [7, 11) is 1.35. The molecule has 0 aliphatic rings. The largest absolute Gasteiger partial charge is 0.494 e. The Bertz CT molecular complexity index is 1300. The van der Waals surface area contributed by atoms with Crippen LogP contribution in [-0.2, 0) is 11.3 Å². The van der Waals surface area contributed by atoms with Crippen LogP contribution in [0.5, 0.6) is 5.75 Å². The second-order valence-electron chi connectivity index (χ2n) is 6.59. The molecule has 0 atom stereocenters. The summed E-state index contributed by atoms with van der Waals surface area (Å²) in [6.45, 7) is 1.38. The van der Waals surface area contributed by atoms with Gasteiger partial charge in [0.1, 0.15) is 12.4 Å². The standard InChI is InChI=1S/C21H18FN5O3/c1-13-23-17(14-6-4-3-5-7-14)11-19-25-26(21(29)27(13)19)12-20(28)24-15-8-9-18(30-2)16(22)10-15/h3-11H,12H2,1-2H3,(H,24,28). The van der Waals surface area contributed by atoms with E-state index in [0.717, 1.165) is 16.3 Å². The molecule has 2 aromatic carbocycles. The Morgan fingerprint density at radius 2 is 1.93 bits per heavy atom. The van der Waals surface area contributed by atoms with Gasteiger partial charge in [-0.3, -0.25) is 4.79 Å². The van der Waals surface area contributed by atoms with Crippen LogP contribution in [0.2, 0.25) is 0 Å². The molecular weight excluding hydrogens is 389 g/mol. The number of carbonyl (C=O) groups is 1. The monoisotopic (exact) mass is 407 g/mol. The minimum Gasteiger partial charge on any atom is -0.494 e. The number of hydrogen-bond donors (Lipinski definition) is 1. The third kappa shape index (κ3) is 3.64. The van der Waals surface area contributed by atoms with Crippen molar-refractivity contribution in [1.82, 2.24) is 19.2 Å². The van der Waals surface area contributed by atoms with Gasteiger partial charge in [-0.05, 0) is 19.1 Å². The average molecular weight is 407 g/mol. The van der Waals surface area contributed by atoms with Gasteiger partial charge in [0.05, 0.1) is 12.8 Å². The van der Waals surface area contributed by atoms with E-state index in [-0.39, 0.29) is 18.0 Å². The lowest BCUT2D eigenvalue weighted by Crippen LogP contribution is -2.28. The number of nitrogens with one attached hydrogen (secondary N) is 1. The zero-order valence-electron chi connectivity index (χ0n) is 16.3. The Hall–Kier alpha value is -4.01. The van der Waals surface area contributed by atoms with Crippen LogP contribution in [-0.4, -0.2) is 32.2 Å². The van der Waals surface area contributed by atoms with Gasteiger partial charge in [-0.25, -0.2) is 23.3 Å². The van der Waals surface area contributed by atoms with E-state index < -0.39 is 17.4 Å². The first-order valence-corrected chi connectivity index (χ1v) is 9.12. The van der Waals surface area contributed by atoms with Crippen molar-refractivity contribution in [2.24, 2.45) is 0 Å². The molecule has 0 spiro atoms. The fourth-order valence-electron chi connectivity index (χ4n) is 3.14. The van der Waals surface area contributed by atoms with Crippen LogP contribution in [0.1, 0.15) is 5.82 Å². The third-order valence-electron chi connectivity index (χ3n) is 4.53. The molecule has 2 heterocycles. The van der Waals surface area contributed by atoms with Crippen molar-refractivity contribution in [2.45, 2.75) is 13.5 Å². The fraction of sp³-hybridized carbons (Fsp3) is 0.143. The molecule has 0 unspecified atom stereocenters. The Morgan fingerprint density at radius 3 is 2.63 bits per heavy atom. The van der Waals surface area contributed by atoms with Gasteiger partial charge in [0.2, 0.25) is 5.91 Å². The summed E-state index contributed by atoms with van der Waals surface area (Å²) in [5.41, 5.74) is 1.72. The lowest BCUT2D eigenvalue weighted by atomic mass is 10.1. The van der Waals surface area contributed by atoms with Crippen LogP contribution in [0, 0.1) is 12.7 Å². The lowest BCUT2D eigenvalue weighted by molar-refractivity contribution is -0.117. The number of rotatable bonds is 5. The maximum absolute atomic E-state index is 13.8. The first-order chi connectivity index (χ1) is 14.5. The van der Waals surface area contributed by atoms with E-state index in [1.807, 2.05) is 30.3 Å². The summed E-state index contributed by atoms with van der Waals surface area (Å²) in [5, 5.41) is 6.80. The van der Waals surface area contributed by atoms with Crippen LogP contribution in [0.25, 0.3) is 16.9 Å². The normalized spacial score (nSPS) is 10.9. The van der Waals surface area contributed by atoms with Gasteiger partial charge in [0.15, 0.2) is 17.2 Å². The van der Waals surface area contributed by atoms with Gasteiger partial charge in [-0.15, -0.1) is 5.10 Å². The van der Waals surface area contributed by atoms with Gasteiger partial charge in [-0.1, -0.05) is 30.3 Å². The number of fused-ring (bicyclic) bond motifs is 1. The van der Waals surface area contributed by atoms with Crippen molar-refractivity contribution >= 4 is 17.2 Å². The van der Waals surface area contributed by atoms with Gasteiger partial charge < -0.3 is 10.1 Å². The third-order valence-corrected chi connectivity index (χ3v) is 4.53. The van der Waals surface area contributed by atoms with Crippen LogP contribution >= 0.6 is 0 Å².